The second kappa shape index (κ2) is 6.86. The molecule has 0 amide bonds. The first kappa shape index (κ1) is 15.0. The van der Waals surface area contributed by atoms with Crippen LogP contribution in [0.4, 0.5) is 0 Å². The maximum atomic E-state index is 5.92. The highest BCUT2D eigenvalue weighted by molar-refractivity contribution is 9.10. The lowest BCUT2D eigenvalue weighted by atomic mass is 10.1. The van der Waals surface area contributed by atoms with E-state index in [9.17, 15) is 0 Å². The van der Waals surface area contributed by atoms with Crippen molar-refractivity contribution in [1.29, 1.82) is 0 Å². The lowest BCUT2D eigenvalue weighted by Gasteiger charge is -2.14. The van der Waals surface area contributed by atoms with Crippen LogP contribution >= 0.6 is 15.9 Å². The summed E-state index contributed by atoms with van der Waals surface area (Å²) < 4.78 is 6.96. The molecule has 20 heavy (non-hydrogen) atoms. The number of aromatic nitrogens is 1. The molecule has 1 aromatic heterocycles. The second-order valence-electron chi connectivity index (χ2n) is 5.09. The first-order valence-electron chi connectivity index (χ1n) is 6.62. The Morgan fingerprint density at radius 1 is 1.30 bits per heavy atom. The molecule has 106 valence electrons. The van der Waals surface area contributed by atoms with Gasteiger partial charge >= 0.3 is 0 Å². The van der Waals surface area contributed by atoms with Gasteiger partial charge in [0.1, 0.15) is 12.4 Å². The fourth-order valence-corrected chi connectivity index (χ4v) is 2.46. The number of benzene rings is 1. The topological polar surface area (TPSA) is 48.1 Å². The predicted octanol–water partition coefficient (Wildman–Crippen LogP) is 3.62. The highest BCUT2D eigenvalue weighted by Gasteiger charge is 2.07. The third kappa shape index (κ3) is 4.32. The third-order valence-electron chi connectivity index (χ3n) is 2.89. The Hall–Kier alpha value is -1.39. The third-order valence-corrected chi connectivity index (χ3v) is 3.38. The zero-order chi connectivity index (χ0) is 14.5. The maximum Gasteiger partial charge on any atom is 0.123 e. The maximum absolute atomic E-state index is 5.92. The number of nitrogens with two attached hydrogens (primary N) is 1. The van der Waals surface area contributed by atoms with Crippen molar-refractivity contribution in [3.8, 4) is 5.75 Å². The van der Waals surface area contributed by atoms with Crippen LogP contribution in [-0.4, -0.2) is 11.0 Å². The van der Waals surface area contributed by atoms with Crippen molar-refractivity contribution >= 4 is 15.9 Å². The summed E-state index contributed by atoms with van der Waals surface area (Å²) in [5.74, 6) is 0.881. The molecule has 4 heteroatoms. The molecule has 0 spiro atoms. The Balaban J connectivity index is 2.12. The van der Waals surface area contributed by atoms with Gasteiger partial charge in [-0.25, -0.2) is 0 Å². The van der Waals surface area contributed by atoms with Gasteiger partial charge in [-0.3, -0.25) is 4.98 Å². The predicted molar refractivity (Wildman–Crippen MR) is 84.8 cm³/mol. The van der Waals surface area contributed by atoms with Crippen LogP contribution in [0.2, 0.25) is 0 Å². The molecule has 0 aliphatic rings. The number of ether oxygens (including phenoxy) is 1. The number of rotatable bonds is 5. The van der Waals surface area contributed by atoms with Crippen molar-refractivity contribution in [3.63, 3.8) is 0 Å². The zero-order valence-electron chi connectivity index (χ0n) is 11.8. The molecule has 1 heterocycles. The molecule has 1 unspecified atom stereocenters. The van der Waals surface area contributed by atoms with Crippen LogP contribution in [0, 0.1) is 6.92 Å². The van der Waals surface area contributed by atoms with E-state index in [0.717, 1.165) is 33.3 Å². The lowest BCUT2D eigenvalue weighted by Crippen LogP contribution is -2.18. The molecule has 1 aromatic carbocycles. The molecule has 0 radical (unpaired) electrons. The van der Waals surface area contributed by atoms with Gasteiger partial charge in [0.05, 0.1) is 0 Å². The fourth-order valence-electron chi connectivity index (χ4n) is 2.05. The summed E-state index contributed by atoms with van der Waals surface area (Å²) >= 11 is 3.49. The van der Waals surface area contributed by atoms with Crippen molar-refractivity contribution in [3.05, 3.63) is 57.8 Å². The van der Waals surface area contributed by atoms with E-state index in [1.54, 1.807) is 0 Å². The number of hydrogen-bond acceptors (Lipinski definition) is 3. The van der Waals surface area contributed by atoms with Crippen LogP contribution in [0.3, 0.4) is 0 Å². The zero-order valence-corrected chi connectivity index (χ0v) is 13.4. The van der Waals surface area contributed by atoms with E-state index in [2.05, 4.69) is 33.0 Å². The first-order chi connectivity index (χ1) is 9.54. The molecule has 0 bridgehead atoms. The second-order valence-corrected chi connectivity index (χ2v) is 6.01. The van der Waals surface area contributed by atoms with Crippen molar-refractivity contribution in [1.82, 2.24) is 4.98 Å². The minimum atomic E-state index is 0.104. The van der Waals surface area contributed by atoms with Crippen molar-refractivity contribution < 1.29 is 4.74 Å². The molecule has 0 saturated carbocycles. The van der Waals surface area contributed by atoms with Crippen molar-refractivity contribution in [2.75, 3.05) is 0 Å². The van der Waals surface area contributed by atoms with E-state index in [1.807, 2.05) is 38.4 Å². The molecule has 2 N–H and O–H groups in total. The number of halogens is 1. The van der Waals surface area contributed by atoms with E-state index >= 15 is 0 Å². The van der Waals surface area contributed by atoms with Gasteiger partial charge in [0.15, 0.2) is 0 Å². The summed E-state index contributed by atoms with van der Waals surface area (Å²) in [5.41, 5.74) is 9.22. The van der Waals surface area contributed by atoms with Crippen LogP contribution in [-0.2, 0) is 13.0 Å². The van der Waals surface area contributed by atoms with Crippen LogP contribution < -0.4 is 10.5 Å². The molecule has 0 fully saturated rings. The highest BCUT2D eigenvalue weighted by atomic mass is 79.9. The first-order valence-corrected chi connectivity index (χ1v) is 7.41. The Kier molecular flexibility index (Phi) is 5.15. The van der Waals surface area contributed by atoms with Gasteiger partial charge in [-0.05, 0) is 55.7 Å². The monoisotopic (exact) mass is 334 g/mol. The molecule has 2 rings (SSSR count). The average Bonchev–Trinajstić information content (AvgIpc) is 2.37. The molecular formula is C16H19BrN2O. The van der Waals surface area contributed by atoms with Crippen molar-refractivity contribution in [2.24, 2.45) is 5.73 Å². The summed E-state index contributed by atoms with van der Waals surface area (Å²) in [7, 11) is 0. The molecule has 3 nitrogen and oxygen atoms in total. The molecule has 0 aliphatic heterocycles. The van der Waals surface area contributed by atoms with Crippen LogP contribution in [0.15, 0.2) is 41.1 Å². The largest absolute Gasteiger partial charge is 0.489 e. The molecule has 1 atom stereocenters. The van der Waals surface area contributed by atoms with Crippen LogP contribution in [0.5, 0.6) is 5.75 Å². The Morgan fingerprint density at radius 3 is 2.80 bits per heavy atom. The summed E-state index contributed by atoms with van der Waals surface area (Å²) in [6, 6.07) is 8.20. The quantitative estimate of drug-likeness (QED) is 0.908. The van der Waals surface area contributed by atoms with E-state index in [1.165, 1.54) is 0 Å². The molecular weight excluding hydrogens is 316 g/mol. The summed E-state index contributed by atoms with van der Waals surface area (Å²) in [6.07, 6.45) is 4.46. The van der Waals surface area contributed by atoms with E-state index < -0.39 is 0 Å². The number of aryl methyl sites for hydroxylation is 1. The smallest absolute Gasteiger partial charge is 0.123 e. The van der Waals surface area contributed by atoms with E-state index in [-0.39, 0.29) is 6.04 Å². The van der Waals surface area contributed by atoms with E-state index in [0.29, 0.717) is 6.61 Å². The van der Waals surface area contributed by atoms with Gasteiger partial charge in [0.2, 0.25) is 0 Å². The Labute approximate surface area is 128 Å². The standard InChI is InChI=1S/C16H19BrN2O/c1-11-5-13(9-19-8-11)10-20-16-4-3-15(17)7-14(16)6-12(2)18/h3-5,7-9,12H,6,10,18H2,1-2H3. The molecule has 2 aromatic rings. The summed E-state index contributed by atoms with van der Waals surface area (Å²) in [6.45, 7) is 4.54. The average molecular weight is 335 g/mol. The minimum Gasteiger partial charge on any atom is -0.489 e. The lowest BCUT2D eigenvalue weighted by molar-refractivity contribution is 0.302. The fraction of sp³-hybridized carbons (Fsp3) is 0.312. The number of pyridine rings is 1. The van der Waals surface area contributed by atoms with E-state index in [4.69, 9.17) is 10.5 Å². The summed E-state index contributed by atoms with van der Waals surface area (Å²) in [5, 5.41) is 0. The number of nitrogens with zero attached hydrogens (tertiary/aromatic N) is 1. The Bertz CT molecular complexity index is 584. The van der Waals surface area contributed by atoms with Gasteiger partial charge in [0.25, 0.3) is 0 Å². The molecule has 0 saturated heterocycles. The highest BCUT2D eigenvalue weighted by Crippen LogP contribution is 2.25. The van der Waals surface area contributed by atoms with Gasteiger partial charge in [-0.2, -0.15) is 0 Å². The minimum absolute atomic E-state index is 0.104. The molecule has 0 aliphatic carbocycles. The number of hydrogen-bond donors (Lipinski definition) is 1. The van der Waals surface area contributed by atoms with Gasteiger partial charge < -0.3 is 10.5 Å². The Morgan fingerprint density at radius 2 is 2.10 bits per heavy atom. The van der Waals surface area contributed by atoms with Gasteiger partial charge in [-0.15, -0.1) is 0 Å². The van der Waals surface area contributed by atoms with Crippen molar-refractivity contribution in [2.45, 2.75) is 32.9 Å². The van der Waals surface area contributed by atoms with Gasteiger partial charge in [0, 0.05) is 28.5 Å². The van der Waals surface area contributed by atoms with Crippen LogP contribution in [0.1, 0.15) is 23.6 Å². The SMILES string of the molecule is Cc1cncc(COc2ccc(Br)cc2CC(C)N)c1. The summed E-state index contributed by atoms with van der Waals surface area (Å²) in [4.78, 5) is 4.17. The van der Waals surface area contributed by atoms with Crippen LogP contribution in [0.25, 0.3) is 0 Å². The normalized spacial score (nSPS) is 12.2. The van der Waals surface area contributed by atoms with Gasteiger partial charge in [-0.1, -0.05) is 15.9 Å².